The highest BCUT2D eigenvalue weighted by Crippen LogP contribution is 2.23. The van der Waals surface area contributed by atoms with Gasteiger partial charge in [0.25, 0.3) is 0 Å². The van der Waals surface area contributed by atoms with E-state index in [0.29, 0.717) is 6.32 Å². The zero-order valence-corrected chi connectivity index (χ0v) is 17.3. The van der Waals surface area contributed by atoms with Gasteiger partial charge in [-0.1, -0.05) is 86.4 Å². The molecule has 0 bridgehead atoms. The number of nitrogens with zero attached hydrogens (tertiary/aromatic N) is 3. The average molecular weight is 381 g/mol. The molecule has 0 aliphatic heterocycles. The summed E-state index contributed by atoms with van der Waals surface area (Å²) in [6.45, 7) is 4.83. The van der Waals surface area contributed by atoms with Crippen LogP contribution in [0.25, 0.3) is 5.57 Å². The number of benzene rings is 2. The van der Waals surface area contributed by atoms with Crippen molar-refractivity contribution in [1.29, 1.82) is 5.26 Å². The van der Waals surface area contributed by atoms with Crippen molar-refractivity contribution in [3.8, 4) is 6.07 Å². The minimum atomic E-state index is 0.0600. The summed E-state index contributed by atoms with van der Waals surface area (Å²) in [5.74, 6) is 0.0600. The molecule has 1 unspecified atom stereocenters. The first-order valence-electron chi connectivity index (χ1n) is 10.1. The van der Waals surface area contributed by atoms with Crippen LogP contribution < -0.4 is 0 Å². The minimum absolute atomic E-state index is 0.0600. The molecule has 0 fully saturated rings. The first kappa shape index (κ1) is 22.2. The van der Waals surface area contributed by atoms with E-state index in [1.54, 1.807) is 6.33 Å². The van der Waals surface area contributed by atoms with Gasteiger partial charge >= 0.3 is 0 Å². The average Bonchev–Trinajstić information content (AvgIpc) is 3.20. The van der Waals surface area contributed by atoms with Gasteiger partial charge in [-0.05, 0) is 30.0 Å². The number of allylic oxidation sites excluding steroid dienone is 1. The first-order chi connectivity index (χ1) is 14.2. The van der Waals surface area contributed by atoms with E-state index in [-0.39, 0.29) is 5.92 Å². The molecule has 0 aliphatic rings. The molecule has 1 atom stereocenters. The third-order valence-corrected chi connectivity index (χ3v) is 4.49. The van der Waals surface area contributed by atoms with E-state index in [2.05, 4.69) is 52.9 Å². The van der Waals surface area contributed by atoms with Crippen molar-refractivity contribution in [1.82, 2.24) is 9.55 Å². The molecule has 1 aromatic heterocycles. The molecule has 2 aromatic carbocycles. The van der Waals surface area contributed by atoms with Crippen molar-refractivity contribution in [2.24, 2.45) is 5.92 Å². The third-order valence-electron chi connectivity index (χ3n) is 4.49. The van der Waals surface area contributed by atoms with Gasteiger partial charge in [0.2, 0.25) is 0 Å². The summed E-state index contributed by atoms with van der Waals surface area (Å²) in [6.07, 6.45) is 8.46. The van der Waals surface area contributed by atoms with Crippen molar-refractivity contribution in [3.63, 3.8) is 0 Å². The molecule has 0 amide bonds. The predicted octanol–water partition coefficient (Wildman–Crippen LogP) is 5.70. The largest absolute Gasteiger partial charge is 0.333 e. The molecular formula is C25H28BN3. The fourth-order valence-electron chi connectivity index (χ4n) is 3.07. The second kappa shape index (κ2) is 12.4. The number of nitriles is 1. The Morgan fingerprint density at radius 2 is 1.69 bits per heavy atom. The molecule has 1 heterocycles. The first-order valence-corrected chi connectivity index (χ1v) is 10.1. The van der Waals surface area contributed by atoms with Crippen LogP contribution >= 0.6 is 0 Å². The molecule has 0 spiro atoms. The van der Waals surface area contributed by atoms with Gasteiger partial charge in [-0.2, -0.15) is 5.26 Å². The fraction of sp³-hybridized carbons (Fsp3) is 0.280. The van der Waals surface area contributed by atoms with Crippen LogP contribution in [0.4, 0.5) is 0 Å². The zero-order valence-electron chi connectivity index (χ0n) is 17.3. The highest BCUT2D eigenvalue weighted by molar-refractivity contribution is 6.10. The molecule has 4 heteroatoms. The van der Waals surface area contributed by atoms with Crippen molar-refractivity contribution in [2.45, 2.75) is 39.6 Å². The maximum Gasteiger partial charge on any atom is 0.0948 e. The highest BCUT2D eigenvalue weighted by Gasteiger charge is 2.05. The Labute approximate surface area is 176 Å². The summed E-state index contributed by atoms with van der Waals surface area (Å²) in [6, 6.07) is 22.9. The predicted molar refractivity (Wildman–Crippen MR) is 122 cm³/mol. The summed E-state index contributed by atoms with van der Waals surface area (Å²) in [7, 11) is 5.63. The number of hydrogen-bond acceptors (Lipinski definition) is 2. The molecule has 3 nitrogen and oxygen atoms in total. The number of hydrogen-bond donors (Lipinski definition) is 0. The van der Waals surface area contributed by atoms with Crippen LogP contribution in [0.2, 0.25) is 6.32 Å². The summed E-state index contributed by atoms with van der Waals surface area (Å²) in [5.41, 5.74) is 4.84. The van der Waals surface area contributed by atoms with Gasteiger partial charge in [0.05, 0.1) is 26.2 Å². The quantitative estimate of drug-likeness (QED) is 0.493. The number of aryl methyl sites for hydroxylation is 1. The molecule has 29 heavy (non-hydrogen) atoms. The molecule has 3 aromatic rings. The SMILES string of the molecule is CCCc1cncn1CC(C)C#N.[B]CC=C(c1ccccc1)c1ccccc1. The van der Waals surface area contributed by atoms with E-state index in [1.807, 2.05) is 49.5 Å². The summed E-state index contributed by atoms with van der Waals surface area (Å²) >= 11 is 0. The van der Waals surface area contributed by atoms with Gasteiger partial charge in [0.15, 0.2) is 0 Å². The highest BCUT2D eigenvalue weighted by atomic mass is 15.0. The monoisotopic (exact) mass is 381 g/mol. The number of rotatable bonds is 7. The maximum absolute atomic E-state index is 8.67. The van der Waals surface area contributed by atoms with Crippen LogP contribution in [-0.2, 0) is 13.0 Å². The second-order valence-corrected chi connectivity index (χ2v) is 6.90. The molecule has 3 rings (SSSR count). The molecule has 0 aliphatic carbocycles. The Balaban J connectivity index is 0.000000212. The van der Waals surface area contributed by atoms with E-state index >= 15 is 0 Å². The van der Waals surface area contributed by atoms with Gasteiger partial charge in [-0.25, -0.2) is 4.98 Å². The maximum atomic E-state index is 8.67. The fourth-order valence-corrected chi connectivity index (χ4v) is 3.07. The van der Waals surface area contributed by atoms with Crippen LogP contribution in [0.5, 0.6) is 0 Å². The Kier molecular flexibility index (Phi) is 9.52. The number of imidazole rings is 1. The van der Waals surface area contributed by atoms with E-state index in [4.69, 9.17) is 13.1 Å². The Hall–Kier alpha value is -3.06. The van der Waals surface area contributed by atoms with Gasteiger partial charge in [-0.3, -0.25) is 0 Å². The minimum Gasteiger partial charge on any atom is -0.333 e. The molecule has 0 saturated carbocycles. The number of aromatic nitrogens is 2. The topological polar surface area (TPSA) is 41.6 Å². The standard InChI is InChI=1S/C15H13B.C10H15N3/c16-12-11-15(13-7-3-1-4-8-13)14-9-5-2-6-10-14;1-3-4-10-6-12-8-13(10)7-9(2)5-11/h1-11H,12H2;6,8-9H,3-4,7H2,1-2H3. The van der Waals surface area contributed by atoms with Crippen LogP contribution in [0, 0.1) is 17.2 Å². The molecule has 0 saturated heterocycles. The third kappa shape index (κ3) is 7.12. The van der Waals surface area contributed by atoms with Crippen molar-refractivity contribution >= 4 is 13.4 Å². The summed E-state index contributed by atoms with van der Waals surface area (Å²) < 4.78 is 2.07. The van der Waals surface area contributed by atoms with Crippen molar-refractivity contribution in [3.05, 3.63) is 96.1 Å². The normalized spacial score (nSPS) is 10.9. The van der Waals surface area contributed by atoms with E-state index in [9.17, 15) is 0 Å². The van der Waals surface area contributed by atoms with Gasteiger partial charge < -0.3 is 4.57 Å². The lowest BCUT2D eigenvalue weighted by atomic mass is 9.93. The van der Waals surface area contributed by atoms with Crippen LogP contribution in [0.3, 0.4) is 0 Å². The van der Waals surface area contributed by atoms with Crippen LogP contribution in [-0.4, -0.2) is 17.4 Å². The van der Waals surface area contributed by atoms with E-state index < -0.39 is 0 Å². The smallest absolute Gasteiger partial charge is 0.0948 e. The lowest BCUT2D eigenvalue weighted by Gasteiger charge is -2.07. The van der Waals surface area contributed by atoms with Gasteiger partial charge in [-0.15, -0.1) is 0 Å². The van der Waals surface area contributed by atoms with Gasteiger partial charge in [0.1, 0.15) is 0 Å². The molecule has 0 N–H and O–H groups in total. The van der Waals surface area contributed by atoms with Crippen molar-refractivity contribution < 1.29 is 0 Å². The summed E-state index contributed by atoms with van der Waals surface area (Å²) in [5, 5.41) is 8.67. The second-order valence-electron chi connectivity index (χ2n) is 6.90. The van der Waals surface area contributed by atoms with Crippen LogP contribution in [0.1, 0.15) is 37.1 Å². The molecular weight excluding hydrogens is 353 g/mol. The van der Waals surface area contributed by atoms with E-state index in [0.717, 1.165) is 19.4 Å². The lowest BCUT2D eigenvalue weighted by molar-refractivity contribution is 0.558. The zero-order chi connectivity index (χ0) is 20.9. The van der Waals surface area contributed by atoms with Crippen molar-refractivity contribution in [2.75, 3.05) is 0 Å². The van der Waals surface area contributed by atoms with Crippen LogP contribution in [0.15, 0.2) is 79.3 Å². The van der Waals surface area contributed by atoms with Gasteiger partial charge in [0, 0.05) is 18.4 Å². The summed E-state index contributed by atoms with van der Waals surface area (Å²) in [4.78, 5) is 4.08. The molecule has 146 valence electrons. The van der Waals surface area contributed by atoms with E-state index in [1.165, 1.54) is 22.4 Å². The lowest BCUT2D eigenvalue weighted by Crippen LogP contribution is -2.07. The Morgan fingerprint density at radius 1 is 1.10 bits per heavy atom. The molecule has 2 radical (unpaired) electrons. The Bertz CT molecular complexity index is 867. The Morgan fingerprint density at radius 3 is 2.17 bits per heavy atom.